The predicted molar refractivity (Wildman–Crippen MR) is 81.7 cm³/mol. The number of ketones is 1. The number of hydrogen-bond acceptors (Lipinski definition) is 7. The number of nitrogens with one attached hydrogen (secondary N) is 1. The number of likely N-dealkylation sites (N-methyl/N-ethyl adjacent to an activating group) is 1. The number of nitrogen functional groups attached to an aromatic ring is 1. The van der Waals surface area contributed by atoms with Crippen molar-refractivity contribution in [2.24, 2.45) is 0 Å². The van der Waals surface area contributed by atoms with E-state index >= 15 is 0 Å². The van der Waals surface area contributed by atoms with Crippen molar-refractivity contribution in [2.45, 2.75) is 19.9 Å². The number of nitrogens with two attached hydrogens (primary N) is 1. The van der Waals surface area contributed by atoms with Crippen LogP contribution in [0.15, 0.2) is 0 Å². The van der Waals surface area contributed by atoms with Crippen LogP contribution < -0.4 is 11.1 Å². The molecule has 3 N–H and O–H groups in total. The number of ether oxygens (including phenoxy) is 1. The summed E-state index contributed by atoms with van der Waals surface area (Å²) in [4.78, 5) is 25.8. The van der Waals surface area contributed by atoms with Crippen LogP contribution in [0.25, 0.3) is 0 Å². The van der Waals surface area contributed by atoms with Gasteiger partial charge in [-0.15, -0.1) is 11.3 Å². The van der Waals surface area contributed by atoms with Gasteiger partial charge in [0.2, 0.25) is 0 Å². The van der Waals surface area contributed by atoms with Crippen molar-refractivity contribution in [2.75, 3.05) is 38.8 Å². The number of rotatable bonds is 6. The quantitative estimate of drug-likeness (QED) is 0.614. The van der Waals surface area contributed by atoms with Gasteiger partial charge in [-0.3, -0.25) is 4.79 Å². The second-order valence-corrected chi connectivity index (χ2v) is 5.81. The van der Waals surface area contributed by atoms with Crippen molar-refractivity contribution >= 4 is 33.8 Å². The maximum atomic E-state index is 11.8. The Morgan fingerprint density at radius 3 is 2.50 bits per heavy atom. The molecule has 112 valence electrons. The highest BCUT2D eigenvalue weighted by Gasteiger charge is 2.24. The van der Waals surface area contributed by atoms with E-state index in [2.05, 4.69) is 5.32 Å². The van der Waals surface area contributed by atoms with E-state index in [1.54, 1.807) is 0 Å². The standard InChI is InChI=1S/C13H21N3O3S/c1-7(16(3)4)6-15-12-9(13(18)19-5)10(14)11(20-12)8(2)17/h7,15H,6,14H2,1-5H3. The lowest BCUT2D eigenvalue weighted by Gasteiger charge is -2.20. The van der Waals surface area contributed by atoms with Crippen LogP contribution in [0.2, 0.25) is 0 Å². The number of anilines is 2. The number of carbonyl (C=O) groups excluding carboxylic acids is 2. The zero-order valence-electron chi connectivity index (χ0n) is 12.4. The molecular weight excluding hydrogens is 278 g/mol. The molecule has 0 aliphatic rings. The smallest absolute Gasteiger partial charge is 0.343 e. The lowest BCUT2D eigenvalue weighted by molar-refractivity contribution is 0.0603. The molecule has 0 spiro atoms. The number of nitrogens with zero attached hydrogens (tertiary/aromatic N) is 1. The average molecular weight is 299 g/mol. The number of thiophene rings is 1. The van der Waals surface area contributed by atoms with Crippen LogP contribution in [-0.4, -0.2) is 50.4 Å². The van der Waals surface area contributed by atoms with Gasteiger partial charge >= 0.3 is 5.97 Å². The van der Waals surface area contributed by atoms with Gasteiger partial charge in [0.25, 0.3) is 0 Å². The van der Waals surface area contributed by atoms with Gasteiger partial charge in [0.1, 0.15) is 10.6 Å². The molecule has 0 bridgehead atoms. The third-order valence-electron chi connectivity index (χ3n) is 3.09. The summed E-state index contributed by atoms with van der Waals surface area (Å²) < 4.78 is 4.73. The van der Waals surface area contributed by atoms with Gasteiger partial charge in [0.05, 0.1) is 17.7 Å². The molecule has 0 saturated carbocycles. The zero-order valence-corrected chi connectivity index (χ0v) is 13.3. The van der Waals surface area contributed by atoms with Crippen molar-refractivity contribution in [1.29, 1.82) is 0 Å². The van der Waals surface area contributed by atoms with E-state index in [9.17, 15) is 9.59 Å². The summed E-state index contributed by atoms with van der Waals surface area (Å²) in [6.45, 7) is 4.11. The molecule has 6 nitrogen and oxygen atoms in total. The van der Waals surface area contributed by atoms with Crippen LogP contribution >= 0.6 is 11.3 Å². The van der Waals surface area contributed by atoms with E-state index < -0.39 is 5.97 Å². The largest absolute Gasteiger partial charge is 0.465 e. The first-order valence-corrected chi connectivity index (χ1v) is 7.03. The highest BCUT2D eigenvalue weighted by molar-refractivity contribution is 7.19. The Morgan fingerprint density at radius 2 is 2.05 bits per heavy atom. The minimum absolute atomic E-state index is 0.161. The van der Waals surface area contributed by atoms with Crippen LogP contribution in [0.3, 0.4) is 0 Å². The molecule has 1 unspecified atom stereocenters. The number of Topliss-reactive ketones (excluding diaryl/α,β-unsaturated/α-hetero) is 1. The number of carbonyl (C=O) groups is 2. The van der Waals surface area contributed by atoms with Gasteiger partial charge in [-0.05, 0) is 21.0 Å². The van der Waals surface area contributed by atoms with Gasteiger partial charge in [-0.2, -0.15) is 0 Å². The molecule has 1 atom stereocenters. The van der Waals surface area contributed by atoms with Crippen LogP contribution in [0.1, 0.15) is 33.9 Å². The summed E-state index contributed by atoms with van der Waals surface area (Å²) in [6.07, 6.45) is 0. The van der Waals surface area contributed by atoms with Crippen LogP contribution in [-0.2, 0) is 4.74 Å². The molecule has 0 aliphatic carbocycles. The van der Waals surface area contributed by atoms with Crippen molar-refractivity contribution in [1.82, 2.24) is 4.90 Å². The predicted octanol–water partition coefficient (Wildman–Crippen LogP) is 1.68. The molecule has 0 aromatic carbocycles. The van der Waals surface area contributed by atoms with Crippen LogP contribution in [0, 0.1) is 0 Å². The minimum Gasteiger partial charge on any atom is -0.465 e. The number of methoxy groups -OCH3 is 1. The molecule has 0 aliphatic heterocycles. The molecule has 0 amide bonds. The molecule has 0 saturated heterocycles. The Kier molecular flexibility index (Phi) is 5.52. The average Bonchev–Trinajstić information content (AvgIpc) is 2.72. The van der Waals surface area contributed by atoms with Crippen molar-refractivity contribution in [3.63, 3.8) is 0 Å². The van der Waals surface area contributed by atoms with Gasteiger partial charge in [-0.1, -0.05) is 0 Å². The molecule has 1 rings (SSSR count). The van der Waals surface area contributed by atoms with Gasteiger partial charge < -0.3 is 20.7 Å². The first-order valence-electron chi connectivity index (χ1n) is 6.21. The van der Waals surface area contributed by atoms with E-state index in [1.165, 1.54) is 25.4 Å². The second-order valence-electron chi connectivity index (χ2n) is 4.79. The third-order valence-corrected chi connectivity index (χ3v) is 4.36. The Labute approximate surface area is 122 Å². The van der Waals surface area contributed by atoms with E-state index in [1.807, 2.05) is 25.9 Å². The summed E-state index contributed by atoms with van der Waals surface area (Å²) in [6, 6.07) is 0.268. The summed E-state index contributed by atoms with van der Waals surface area (Å²) in [5, 5.41) is 3.75. The fraction of sp³-hybridized carbons (Fsp3) is 0.538. The Bertz CT molecular complexity index is 511. The summed E-state index contributed by atoms with van der Waals surface area (Å²) in [5.41, 5.74) is 6.32. The highest BCUT2D eigenvalue weighted by atomic mass is 32.1. The highest BCUT2D eigenvalue weighted by Crippen LogP contribution is 2.36. The van der Waals surface area contributed by atoms with Gasteiger partial charge in [0.15, 0.2) is 5.78 Å². The Hall–Kier alpha value is -1.60. The molecule has 20 heavy (non-hydrogen) atoms. The van der Waals surface area contributed by atoms with Crippen LogP contribution in [0.5, 0.6) is 0 Å². The zero-order chi connectivity index (χ0) is 15.4. The molecular formula is C13H21N3O3S. The SMILES string of the molecule is COC(=O)c1c(NCC(C)N(C)C)sc(C(C)=O)c1N. The first kappa shape index (κ1) is 16.5. The fourth-order valence-corrected chi connectivity index (χ4v) is 2.57. The lowest BCUT2D eigenvalue weighted by atomic mass is 10.2. The molecule has 0 radical (unpaired) electrons. The topological polar surface area (TPSA) is 84.7 Å². The van der Waals surface area contributed by atoms with Crippen molar-refractivity contribution in [3.8, 4) is 0 Å². The van der Waals surface area contributed by atoms with E-state index in [0.717, 1.165) is 0 Å². The first-order chi connectivity index (χ1) is 9.29. The van der Waals surface area contributed by atoms with Crippen molar-refractivity contribution in [3.05, 3.63) is 10.4 Å². The maximum absolute atomic E-state index is 11.8. The van der Waals surface area contributed by atoms with Gasteiger partial charge in [0, 0.05) is 19.5 Å². The lowest BCUT2D eigenvalue weighted by Crippen LogP contribution is -2.31. The minimum atomic E-state index is -0.536. The van der Waals surface area contributed by atoms with E-state index in [-0.39, 0.29) is 23.1 Å². The maximum Gasteiger partial charge on any atom is 0.343 e. The monoisotopic (exact) mass is 299 g/mol. The Balaban J connectivity index is 3.08. The molecule has 0 fully saturated rings. The van der Waals surface area contributed by atoms with E-state index in [0.29, 0.717) is 16.4 Å². The molecule has 1 aromatic heterocycles. The number of hydrogen-bond donors (Lipinski definition) is 2. The number of esters is 1. The van der Waals surface area contributed by atoms with Crippen LogP contribution in [0.4, 0.5) is 10.7 Å². The van der Waals surface area contributed by atoms with Gasteiger partial charge in [-0.25, -0.2) is 4.79 Å². The van der Waals surface area contributed by atoms with E-state index in [4.69, 9.17) is 10.5 Å². The van der Waals surface area contributed by atoms with Crippen molar-refractivity contribution < 1.29 is 14.3 Å². The molecule has 1 aromatic rings. The molecule has 7 heteroatoms. The second kappa shape index (κ2) is 6.71. The fourth-order valence-electron chi connectivity index (χ4n) is 1.56. The molecule has 1 heterocycles. The summed E-state index contributed by atoms with van der Waals surface area (Å²) in [7, 11) is 5.23. The Morgan fingerprint density at radius 1 is 1.45 bits per heavy atom. The normalized spacial score (nSPS) is 12.3. The summed E-state index contributed by atoms with van der Waals surface area (Å²) >= 11 is 1.19. The third kappa shape index (κ3) is 3.49. The summed E-state index contributed by atoms with van der Waals surface area (Å²) in [5.74, 6) is -0.697.